The molecule has 2 aromatic heterocycles. The highest BCUT2D eigenvalue weighted by molar-refractivity contribution is 9.10. The topological polar surface area (TPSA) is 112 Å². The molecule has 3 rings (SSSR count). The third kappa shape index (κ3) is 2.80. The van der Waals surface area contributed by atoms with Crippen LogP contribution in [0, 0.1) is 0 Å². The summed E-state index contributed by atoms with van der Waals surface area (Å²) in [6.45, 7) is 0. The van der Waals surface area contributed by atoms with E-state index in [-0.39, 0.29) is 11.3 Å². The molecule has 1 aromatic carbocycles. The average molecular weight is 406 g/mol. The first kappa shape index (κ1) is 16.8. The van der Waals surface area contributed by atoms with Gasteiger partial charge in [-0.25, -0.2) is 14.0 Å². The summed E-state index contributed by atoms with van der Waals surface area (Å²) in [5.74, 6) is 0. The molecule has 0 aliphatic heterocycles. The number of hydrogen-bond acceptors (Lipinski definition) is 5. The van der Waals surface area contributed by atoms with Gasteiger partial charge in [-0.1, -0.05) is 22.0 Å². The van der Waals surface area contributed by atoms with Crippen LogP contribution in [0.1, 0.15) is 0 Å². The summed E-state index contributed by atoms with van der Waals surface area (Å²) in [6, 6.07) is 6.57. The monoisotopic (exact) mass is 405 g/mol. The first-order valence-corrected chi connectivity index (χ1v) is 7.86. The maximum Gasteiger partial charge on any atom is 0.351 e. The Bertz CT molecular complexity index is 1220. The first-order valence-electron chi connectivity index (χ1n) is 7.06. The smallest absolute Gasteiger partial charge is 0.302 e. The van der Waals surface area contributed by atoms with Crippen LogP contribution in [0.15, 0.2) is 54.1 Å². The van der Waals surface area contributed by atoms with E-state index in [1.165, 1.54) is 20.3 Å². The molecule has 9 nitrogen and oxygen atoms in total. The SMILES string of the molecule is Cn1nc(-c2c[nH]n(C)c(=O)c2=O)c(=O)n(-c2cccc(Br)c2)c1=O. The van der Waals surface area contributed by atoms with Crippen LogP contribution in [0.5, 0.6) is 0 Å². The van der Waals surface area contributed by atoms with E-state index >= 15 is 0 Å². The Morgan fingerprint density at radius 2 is 1.80 bits per heavy atom. The summed E-state index contributed by atoms with van der Waals surface area (Å²) in [4.78, 5) is 49.2. The summed E-state index contributed by atoms with van der Waals surface area (Å²) in [5, 5.41) is 6.43. The summed E-state index contributed by atoms with van der Waals surface area (Å²) >= 11 is 3.28. The Labute approximate surface area is 147 Å². The van der Waals surface area contributed by atoms with Gasteiger partial charge in [0, 0.05) is 24.8 Å². The number of hydrogen-bond donors (Lipinski definition) is 1. The van der Waals surface area contributed by atoms with Crippen LogP contribution >= 0.6 is 15.9 Å². The molecular weight excluding hydrogens is 394 g/mol. The summed E-state index contributed by atoms with van der Waals surface area (Å²) < 4.78 is 3.49. The predicted molar refractivity (Wildman–Crippen MR) is 94.1 cm³/mol. The van der Waals surface area contributed by atoms with Gasteiger partial charge in [0.25, 0.3) is 11.0 Å². The molecular formula is C15H12BrN5O4. The van der Waals surface area contributed by atoms with Crippen molar-refractivity contribution in [2.24, 2.45) is 14.1 Å². The van der Waals surface area contributed by atoms with Gasteiger partial charge in [0.1, 0.15) is 0 Å². The second-order valence-electron chi connectivity index (χ2n) is 5.26. The molecule has 0 saturated carbocycles. The molecule has 0 aliphatic rings. The molecule has 0 radical (unpaired) electrons. The highest BCUT2D eigenvalue weighted by Gasteiger charge is 2.18. The fourth-order valence-corrected chi connectivity index (χ4v) is 2.70. The first-order chi connectivity index (χ1) is 11.8. The van der Waals surface area contributed by atoms with Crippen LogP contribution in [-0.4, -0.2) is 24.1 Å². The maximum absolute atomic E-state index is 12.8. The van der Waals surface area contributed by atoms with Gasteiger partial charge in [0.05, 0.1) is 11.3 Å². The maximum atomic E-state index is 12.8. The molecule has 3 aromatic rings. The van der Waals surface area contributed by atoms with Crippen LogP contribution in [0.4, 0.5) is 0 Å². The van der Waals surface area contributed by atoms with Crippen molar-refractivity contribution in [3.05, 3.63) is 76.4 Å². The van der Waals surface area contributed by atoms with E-state index in [0.29, 0.717) is 10.2 Å². The van der Waals surface area contributed by atoms with Crippen molar-refractivity contribution >= 4 is 15.9 Å². The fourth-order valence-electron chi connectivity index (χ4n) is 2.31. The zero-order valence-corrected chi connectivity index (χ0v) is 14.8. The molecule has 0 saturated heterocycles. The quantitative estimate of drug-likeness (QED) is 0.590. The highest BCUT2D eigenvalue weighted by atomic mass is 79.9. The standard InChI is InChI=1S/C15H12BrN5O4/c1-19-14(24)12(22)10(7-17-19)11-13(23)21(15(25)20(2)18-11)9-5-3-4-8(16)6-9/h3-7,17H,1-2H3. The number of nitrogens with one attached hydrogen (secondary N) is 1. The van der Waals surface area contributed by atoms with Crippen LogP contribution in [0.25, 0.3) is 16.9 Å². The van der Waals surface area contributed by atoms with E-state index < -0.39 is 22.2 Å². The van der Waals surface area contributed by atoms with Crippen molar-refractivity contribution in [3.8, 4) is 16.9 Å². The summed E-state index contributed by atoms with van der Waals surface area (Å²) in [6.07, 6.45) is 1.21. The van der Waals surface area contributed by atoms with Gasteiger partial charge in [-0.2, -0.15) is 5.10 Å². The number of H-pyrrole nitrogens is 1. The fraction of sp³-hybridized carbons (Fsp3) is 0.133. The van der Waals surface area contributed by atoms with Crippen LogP contribution < -0.4 is 22.2 Å². The molecule has 2 heterocycles. The molecule has 0 fully saturated rings. The van der Waals surface area contributed by atoms with Crippen molar-refractivity contribution in [3.63, 3.8) is 0 Å². The third-order valence-electron chi connectivity index (χ3n) is 3.59. The molecule has 0 aliphatic carbocycles. The average Bonchev–Trinajstić information content (AvgIpc) is 2.57. The van der Waals surface area contributed by atoms with Gasteiger partial charge in [-0.3, -0.25) is 19.1 Å². The van der Waals surface area contributed by atoms with E-state index in [9.17, 15) is 19.2 Å². The summed E-state index contributed by atoms with van der Waals surface area (Å²) in [7, 11) is 2.73. The van der Waals surface area contributed by atoms with Crippen molar-refractivity contribution in [2.75, 3.05) is 0 Å². The number of rotatable bonds is 2. The zero-order valence-electron chi connectivity index (χ0n) is 13.2. The number of benzene rings is 1. The van der Waals surface area contributed by atoms with Gasteiger partial charge < -0.3 is 5.10 Å². The molecule has 1 N–H and O–H groups in total. The van der Waals surface area contributed by atoms with Crippen LogP contribution in [0.2, 0.25) is 0 Å². The minimum atomic E-state index is -0.884. The molecule has 0 spiro atoms. The lowest BCUT2D eigenvalue weighted by Gasteiger charge is -2.09. The number of aryl methyl sites for hydroxylation is 2. The Morgan fingerprint density at radius 3 is 2.48 bits per heavy atom. The minimum Gasteiger partial charge on any atom is -0.302 e. The van der Waals surface area contributed by atoms with E-state index in [0.717, 1.165) is 13.9 Å². The van der Waals surface area contributed by atoms with Gasteiger partial charge in [-0.05, 0) is 18.2 Å². The van der Waals surface area contributed by atoms with Crippen molar-refractivity contribution in [1.82, 2.24) is 24.1 Å². The van der Waals surface area contributed by atoms with Crippen molar-refractivity contribution in [1.29, 1.82) is 0 Å². The summed E-state index contributed by atoms with van der Waals surface area (Å²) in [5.41, 5.74) is -3.36. The molecule has 128 valence electrons. The van der Waals surface area contributed by atoms with Gasteiger partial charge in [0.15, 0.2) is 5.69 Å². The van der Waals surface area contributed by atoms with Gasteiger partial charge in [-0.15, -0.1) is 0 Å². The molecule has 0 atom stereocenters. The third-order valence-corrected chi connectivity index (χ3v) is 4.08. The second kappa shape index (κ2) is 6.13. The van der Waals surface area contributed by atoms with Crippen molar-refractivity contribution in [2.45, 2.75) is 0 Å². The van der Waals surface area contributed by atoms with Crippen molar-refractivity contribution < 1.29 is 0 Å². The Balaban J connectivity index is 2.41. The predicted octanol–water partition coefficient (Wildman–Crippen LogP) is -0.252. The zero-order chi connectivity index (χ0) is 18.3. The largest absolute Gasteiger partial charge is 0.351 e. The lowest BCUT2D eigenvalue weighted by molar-refractivity contribution is 0.634. The van der Waals surface area contributed by atoms with Crippen LogP contribution in [-0.2, 0) is 14.1 Å². The molecule has 0 amide bonds. The number of halogens is 1. The van der Waals surface area contributed by atoms with E-state index in [4.69, 9.17) is 0 Å². The number of aromatic nitrogens is 5. The van der Waals surface area contributed by atoms with Crippen LogP contribution in [0.3, 0.4) is 0 Å². The van der Waals surface area contributed by atoms with Gasteiger partial charge >= 0.3 is 11.2 Å². The minimum absolute atomic E-state index is 0.201. The highest BCUT2D eigenvalue weighted by Crippen LogP contribution is 2.13. The lowest BCUT2D eigenvalue weighted by atomic mass is 10.2. The molecule has 0 unspecified atom stereocenters. The number of aromatic amines is 1. The molecule has 10 heteroatoms. The number of nitrogens with zero attached hydrogens (tertiary/aromatic N) is 4. The molecule has 0 bridgehead atoms. The lowest BCUT2D eigenvalue weighted by Crippen LogP contribution is -2.42. The van der Waals surface area contributed by atoms with E-state index in [1.807, 2.05) is 0 Å². The Hall–Kier alpha value is -3.01. The Morgan fingerprint density at radius 1 is 1.08 bits per heavy atom. The Kier molecular flexibility index (Phi) is 4.13. The molecule has 25 heavy (non-hydrogen) atoms. The second-order valence-corrected chi connectivity index (χ2v) is 6.17. The van der Waals surface area contributed by atoms with E-state index in [1.54, 1.807) is 24.3 Å². The normalized spacial score (nSPS) is 10.8. The van der Waals surface area contributed by atoms with E-state index in [2.05, 4.69) is 26.1 Å². The van der Waals surface area contributed by atoms with Gasteiger partial charge in [0.2, 0.25) is 0 Å².